The molecule has 3 rings (SSSR count). The highest BCUT2D eigenvalue weighted by atomic mass is 16.2. The van der Waals surface area contributed by atoms with Crippen molar-refractivity contribution in [3.05, 3.63) is 0 Å². The number of hydrogen-bond donors (Lipinski definition) is 1. The Morgan fingerprint density at radius 1 is 1.15 bits per heavy atom. The van der Waals surface area contributed by atoms with E-state index in [0.29, 0.717) is 19.5 Å². The van der Waals surface area contributed by atoms with Crippen molar-refractivity contribution in [2.45, 2.75) is 37.8 Å². The molecule has 0 saturated carbocycles. The van der Waals surface area contributed by atoms with Gasteiger partial charge in [0.1, 0.15) is 6.04 Å². The molecule has 0 aromatic heterocycles. The lowest BCUT2D eigenvalue weighted by Gasteiger charge is -2.33. The molecule has 0 aliphatic carbocycles. The van der Waals surface area contributed by atoms with Crippen molar-refractivity contribution in [1.29, 1.82) is 5.26 Å². The van der Waals surface area contributed by atoms with E-state index in [-0.39, 0.29) is 29.8 Å². The molecule has 0 spiro atoms. The molecule has 6 heteroatoms. The quantitative estimate of drug-likeness (QED) is 0.752. The normalized spacial score (nSPS) is 32.9. The molecule has 3 saturated heterocycles. The molecule has 1 N–H and O–H groups in total. The first-order chi connectivity index (χ1) is 9.70. The second kappa shape index (κ2) is 5.41. The van der Waals surface area contributed by atoms with Gasteiger partial charge in [-0.25, -0.2) is 0 Å². The van der Waals surface area contributed by atoms with E-state index in [1.54, 1.807) is 4.90 Å². The van der Waals surface area contributed by atoms with Crippen molar-refractivity contribution in [2.24, 2.45) is 5.92 Å². The standard InChI is InChI=1S/C14H20N4O2/c15-8-11-3-1-6-18(11)14(20)12-7-10(9-16-12)13(19)17-4-2-5-17/h10-12,16H,1-7,9H2/t10-,11-,12-/m0/s1. The van der Waals surface area contributed by atoms with Crippen LogP contribution >= 0.6 is 0 Å². The molecule has 3 aliphatic rings. The van der Waals surface area contributed by atoms with Gasteiger partial charge in [-0.2, -0.15) is 5.26 Å². The Morgan fingerprint density at radius 2 is 1.95 bits per heavy atom. The Morgan fingerprint density at radius 3 is 2.60 bits per heavy atom. The van der Waals surface area contributed by atoms with Gasteiger partial charge in [0, 0.05) is 26.2 Å². The lowest BCUT2D eigenvalue weighted by atomic mass is 10.0. The Kier molecular flexibility index (Phi) is 3.62. The van der Waals surface area contributed by atoms with Crippen LogP contribution in [0.4, 0.5) is 0 Å². The van der Waals surface area contributed by atoms with Crippen molar-refractivity contribution < 1.29 is 9.59 Å². The third-order valence-corrected chi connectivity index (χ3v) is 4.63. The summed E-state index contributed by atoms with van der Waals surface area (Å²) in [6.07, 6.45) is 3.33. The summed E-state index contributed by atoms with van der Waals surface area (Å²) in [6.45, 7) is 2.96. The summed E-state index contributed by atoms with van der Waals surface area (Å²) in [5.74, 6) is 0.0950. The molecule has 3 fully saturated rings. The highest BCUT2D eigenvalue weighted by Gasteiger charge is 2.40. The largest absolute Gasteiger partial charge is 0.342 e. The minimum absolute atomic E-state index is 0.00652. The molecule has 20 heavy (non-hydrogen) atoms. The maximum atomic E-state index is 12.4. The van der Waals surface area contributed by atoms with Crippen LogP contribution in [0, 0.1) is 17.2 Å². The minimum atomic E-state index is -0.292. The van der Waals surface area contributed by atoms with Crippen molar-refractivity contribution in [3.8, 4) is 6.07 Å². The first-order valence-electron chi connectivity index (χ1n) is 7.43. The summed E-state index contributed by atoms with van der Waals surface area (Å²) in [7, 11) is 0. The van der Waals surface area contributed by atoms with E-state index in [0.717, 1.165) is 32.4 Å². The molecule has 2 amide bonds. The van der Waals surface area contributed by atoms with Gasteiger partial charge in [-0.3, -0.25) is 9.59 Å². The van der Waals surface area contributed by atoms with Gasteiger partial charge < -0.3 is 15.1 Å². The number of nitrogens with one attached hydrogen (secondary N) is 1. The fourth-order valence-corrected chi connectivity index (χ4v) is 3.27. The topological polar surface area (TPSA) is 76.4 Å². The Balaban J connectivity index is 1.58. The van der Waals surface area contributed by atoms with E-state index >= 15 is 0 Å². The van der Waals surface area contributed by atoms with Gasteiger partial charge in [-0.15, -0.1) is 0 Å². The number of nitrogens with zero attached hydrogens (tertiary/aromatic N) is 3. The zero-order valence-corrected chi connectivity index (χ0v) is 11.5. The van der Waals surface area contributed by atoms with Crippen LogP contribution in [0.15, 0.2) is 0 Å². The van der Waals surface area contributed by atoms with E-state index < -0.39 is 0 Å². The number of carbonyl (C=O) groups is 2. The van der Waals surface area contributed by atoms with Crippen LogP contribution < -0.4 is 5.32 Å². The average Bonchev–Trinajstić information content (AvgIpc) is 3.04. The van der Waals surface area contributed by atoms with E-state index in [2.05, 4.69) is 11.4 Å². The number of hydrogen-bond acceptors (Lipinski definition) is 4. The average molecular weight is 276 g/mol. The summed E-state index contributed by atoms with van der Waals surface area (Å²) < 4.78 is 0. The molecular weight excluding hydrogens is 256 g/mol. The lowest BCUT2D eigenvalue weighted by Crippen LogP contribution is -2.46. The monoisotopic (exact) mass is 276 g/mol. The zero-order chi connectivity index (χ0) is 14.1. The van der Waals surface area contributed by atoms with Gasteiger partial charge in [-0.05, 0) is 25.7 Å². The third-order valence-electron chi connectivity index (χ3n) is 4.63. The summed E-state index contributed by atoms with van der Waals surface area (Å²) in [5, 5.41) is 12.2. The van der Waals surface area contributed by atoms with Crippen LogP contribution in [0.2, 0.25) is 0 Å². The predicted molar refractivity (Wildman–Crippen MR) is 71.4 cm³/mol. The third kappa shape index (κ3) is 2.27. The van der Waals surface area contributed by atoms with Gasteiger partial charge >= 0.3 is 0 Å². The number of likely N-dealkylation sites (tertiary alicyclic amines) is 2. The molecule has 3 atom stereocenters. The van der Waals surface area contributed by atoms with Crippen LogP contribution in [-0.4, -0.2) is 59.9 Å². The second-order valence-corrected chi connectivity index (χ2v) is 5.89. The fraction of sp³-hybridized carbons (Fsp3) is 0.786. The van der Waals surface area contributed by atoms with Gasteiger partial charge in [0.15, 0.2) is 0 Å². The summed E-state index contributed by atoms with van der Waals surface area (Å²) in [5.41, 5.74) is 0. The van der Waals surface area contributed by atoms with Crippen molar-refractivity contribution in [2.75, 3.05) is 26.2 Å². The molecule has 0 aromatic carbocycles. The molecule has 0 radical (unpaired) electrons. The molecule has 3 aliphatic heterocycles. The molecule has 3 heterocycles. The first-order valence-corrected chi connectivity index (χ1v) is 7.43. The Hall–Kier alpha value is -1.61. The molecule has 108 valence electrons. The molecular formula is C14H20N4O2. The lowest BCUT2D eigenvalue weighted by molar-refractivity contribution is -0.138. The molecule has 0 bridgehead atoms. The van der Waals surface area contributed by atoms with Gasteiger partial charge in [0.25, 0.3) is 0 Å². The molecule has 6 nitrogen and oxygen atoms in total. The van der Waals surface area contributed by atoms with Crippen LogP contribution in [0.25, 0.3) is 0 Å². The van der Waals surface area contributed by atoms with Gasteiger partial charge in [0.05, 0.1) is 18.0 Å². The number of rotatable bonds is 2. The molecule has 0 unspecified atom stereocenters. The van der Waals surface area contributed by atoms with E-state index in [1.807, 2.05) is 4.90 Å². The Labute approximate surface area is 118 Å². The van der Waals surface area contributed by atoms with Crippen LogP contribution in [0.5, 0.6) is 0 Å². The maximum Gasteiger partial charge on any atom is 0.240 e. The van der Waals surface area contributed by atoms with Crippen LogP contribution in [0.3, 0.4) is 0 Å². The highest BCUT2D eigenvalue weighted by Crippen LogP contribution is 2.24. The SMILES string of the molecule is N#C[C@@H]1CCCN1C(=O)[C@@H]1C[C@H](C(=O)N2CCC2)CN1. The number of carbonyl (C=O) groups excluding carboxylic acids is 2. The summed E-state index contributed by atoms with van der Waals surface area (Å²) in [6, 6.07) is 1.62. The maximum absolute atomic E-state index is 12.4. The first kappa shape index (κ1) is 13.4. The van der Waals surface area contributed by atoms with Crippen molar-refractivity contribution >= 4 is 11.8 Å². The fourth-order valence-electron chi connectivity index (χ4n) is 3.27. The van der Waals surface area contributed by atoms with Crippen LogP contribution in [0.1, 0.15) is 25.7 Å². The van der Waals surface area contributed by atoms with Crippen molar-refractivity contribution in [1.82, 2.24) is 15.1 Å². The zero-order valence-electron chi connectivity index (χ0n) is 11.5. The van der Waals surface area contributed by atoms with Gasteiger partial charge in [0.2, 0.25) is 11.8 Å². The Bertz CT molecular complexity index is 455. The smallest absolute Gasteiger partial charge is 0.240 e. The van der Waals surface area contributed by atoms with E-state index in [4.69, 9.17) is 5.26 Å². The van der Waals surface area contributed by atoms with Crippen molar-refractivity contribution in [3.63, 3.8) is 0 Å². The second-order valence-electron chi connectivity index (χ2n) is 5.89. The highest BCUT2D eigenvalue weighted by molar-refractivity contribution is 5.86. The van der Waals surface area contributed by atoms with E-state index in [9.17, 15) is 9.59 Å². The van der Waals surface area contributed by atoms with Gasteiger partial charge in [-0.1, -0.05) is 0 Å². The molecule has 0 aromatic rings. The number of nitriles is 1. The summed E-state index contributed by atoms with van der Waals surface area (Å²) >= 11 is 0. The van der Waals surface area contributed by atoms with Crippen LogP contribution in [-0.2, 0) is 9.59 Å². The number of amides is 2. The summed E-state index contributed by atoms with van der Waals surface area (Å²) in [4.78, 5) is 28.1. The van der Waals surface area contributed by atoms with E-state index in [1.165, 1.54) is 0 Å². The predicted octanol–water partition coefficient (Wildman–Crippen LogP) is -0.289. The minimum Gasteiger partial charge on any atom is -0.342 e.